The van der Waals surface area contributed by atoms with E-state index in [0.29, 0.717) is 18.0 Å². The number of ether oxygens (including phenoxy) is 1. The summed E-state index contributed by atoms with van der Waals surface area (Å²) in [6, 6.07) is 8.61. The van der Waals surface area contributed by atoms with Crippen LogP contribution in [-0.4, -0.2) is 51.8 Å². The maximum atomic E-state index is 12.9. The second-order valence-corrected chi connectivity index (χ2v) is 10.7. The van der Waals surface area contributed by atoms with Gasteiger partial charge in [-0.3, -0.25) is 4.79 Å². The number of benzene rings is 1. The molecular weight excluding hydrogens is 374 g/mol. The van der Waals surface area contributed by atoms with Gasteiger partial charge in [0.1, 0.15) is 5.75 Å². The van der Waals surface area contributed by atoms with Gasteiger partial charge < -0.3 is 19.9 Å². The predicted octanol–water partition coefficient (Wildman–Crippen LogP) is 2.12. The Morgan fingerprint density at radius 2 is 1.80 bits per heavy atom. The number of nitrogens with one attached hydrogen (secondary N) is 2. The molecule has 1 aromatic carbocycles. The van der Waals surface area contributed by atoms with Crippen LogP contribution in [-0.2, 0) is 4.79 Å². The van der Waals surface area contributed by atoms with Gasteiger partial charge in [-0.15, -0.1) is 0 Å². The summed E-state index contributed by atoms with van der Waals surface area (Å²) in [5.74, 6) is 3.96. The molecule has 4 bridgehead atoms. The van der Waals surface area contributed by atoms with Crippen LogP contribution in [0.2, 0.25) is 0 Å². The molecule has 5 fully saturated rings. The molecule has 0 spiro atoms. The standard InChI is InChI=1S/C25H37N3O2/c1-18(25-14-19-10-20(15-25)12-21(11-19)16-25)26-24(29)17-27-6-8-28(9-7-27)22-4-3-5-23(13-22)30-2/h3-5,13,18-21H,6-12,14-17H2,1-2H3,(H,26,29)/p+1/t18-,19?,20?,21?,25?/m0/s1. The number of carbonyl (C=O) groups excluding carboxylic acids is 1. The topological polar surface area (TPSA) is 46.0 Å². The molecule has 2 N–H and O–H groups in total. The van der Waals surface area contributed by atoms with E-state index in [1.807, 2.05) is 12.1 Å². The van der Waals surface area contributed by atoms with Gasteiger partial charge in [0.25, 0.3) is 5.91 Å². The lowest BCUT2D eigenvalue weighted by Crippen LogP contribution is -3.16. The van der Waals surface area contributed by atoms with Gasteiger partial charge in [-0.25, -0.2) is 0 Å². The van der Waals surface area contributed by atoms with Gasteiger partial charge in [-0.05, 0) is 80.8 Å². The highest BCUT2D eigenvalue weighted by Crippen LogP contribution is 2.61. The van der Waals surface area contributed by atoms with Crippen molar-refractivity contribution in [1.82, 2.24) is 5.32 Å². The van der Waals surface area contributed by atoms with Crippen LogP contribution in [0.3, 0.4) is 0 Å². The average Bonchev–Trinajstić information content (AvgIpc) is 2.73. The molecule has 1 saturated heterocycles. The number of quaternary nitrogens is 1. The number of rotatable bonds is 6. The highest BCUT2D eigenvalue weighted by atomic mass is 16.5. The van der Waals surface area contributed by atoms with Crippen LogP contribution in [0.15, 0.2) is 24.3 Å². The minimum atomic E-state index is 0.253. The third-order valence-corrected chi connectivity index (χ3v) is 8.68. The molecule has 4 saturated carbocycles. The van der Waals surface area contributed by atoms with Crippen LogP contribution in [0.4, 0.5) is 5.69 Å². The zero-order valence-electron chi connectivity index (χ0n) is 18.7. The molecule has 1 aromatic rings. The Balaban J connectivity index is 1.12. The summed E-state index contributed by atoms with van der Waals surface area (Å²) in [5, 5.41) is 3.45. The fourth-order valence-corrected chi connectivity index (χ4v) is 7.45. The molecule has 0 unspecified atom stereocenters. The number of piperazine rings is 1. The molecule has 1 heterocycles. The summed E-state index contributed by atoms with van der Waals surface area (Å²) in [6.45, 7) is 6.90. The number of anilines is 1. The first-order valence-corrected chi connectivity index (χ1v) is 12.0. The Morgan fingerprint density at radius 3 is 2.40 bits per heavy atom. The molecule has 0 radical (unpaired) electrons. The van der Waals surface area contributed by atoms with Crippen LogP contribution in [0.25, 0.3) is 0 Å². The van der Waals surface area contributed by atoms with Crippen molar-refractivity contribution in [3.8, 4) is 5.75 Å². The van der Waals surface area contributed by atoms with E-state index in [1.165, 1.54) is 49.1 Å². The number of nitrogens with zero attached hydrogens (tertiary/aromatic N) is 1. The smallest absolute Gasteiger partial charge is 0.275 e. The van der Waals surface area contributed by atoms with Crippen molar-refractivity contribution in [3.05, 3.63) is 24.3 Å². The Bertz CT molecular complexity index is 736. The van der Waals surface area contributed by atoms with Gasteiger partial charge in [-0.2, -0.15) is 0 Å². The summed E-state index contributed by atoms with van der Waals surface area (Å²) in [6.07, 6.45) is 8.44. The first kappa shape index (κ1) is 20.2. The van der Waals surface area contributed by atoms with Crippen LogP contribution in [0.1, 0.15) is 45.4 Å². The fourth-order valence-electron chi connectivity index (χ4n) is 7.45. The first-order chi connectivity index (χ1) is 14.5. The molecule has 4 aliphatic carbocycles. The van der Waals surface area contributed by atoms with Gasteiger partial charge >= 0.3 is 0 Å². The van der Waals surface area contributed by atoms with Gasteiger partial charge in [0.15, 0.2) is 6.54 Å². The van der Waals surface area contributed by atoms with Crippen LogP contribution in [0.5, 0.6) is 5.75 Å². The normalized spacial score (nSPS) is 34.1. The van der Waals surface area contributed by atoms with Gasteiger partial charge in [0.05, 0.1) is 33.3 Å². The van der Waals surface area contributed by atoms with Crippen LogP contribution < -0.4 is 19.9 Å². The largest absolute Gasteiger partial charge is 0.497 e. The van der Waals surface area contributed by atoms with Gasteiger partial charge in [0.2, 0.25) is 0 Å². The minimum absolute atomic E-state index is 0.253. The molecule has 1 amide bonds. The molecule has 5 heteroatoms. The second-order valence-electron chi connectivity index (χ2n) is 10.7. The zero-order chi connectivity index (χ0) is 20.7. The summed E-state index contributed by atoms with van der Waals surface area (Å²) in [4.78, 5) is 16.7. The Hall–Kier alpha value is -1.75. The van der Waals surface area contributed by atoms with Crippen LogP contribution in [0, 0.1) is 23.2 Å². The SMILES string of the molecule is COc1cccc(N2CC[NH+](CC(=O)N[C@@H](C)C34CC5CC(CC(C5)C3)C4)CC2)c1. The van der Waals surface area contributed by atoms with E-state index in [-0.39, 0.29) is 5.91 Å². The molecule has 1 atom stereocenters. The first-order valence-electron chi connectivity index (χ1n) is 12.0. The van der Waals surface area contributed by atoms with Crippen molar-refractivity contribution in [1.29, 1.82) is 0 Å². The number of amides is 1. The Kier molecular flexibility index (Phi) is 5.42. The Labute approximate surface area is 181 Å². The lowest BCUT2D eigenvalue weighted by Gasteiger charge is -2.59. The lowest BCUT2D eigenvalue weighted by atomic mass is 9.48. The molecule has 0 aromatic heterocycles. The van der Waals surface area contributed by atoms with Crippen LogP contribution >= 0.6 is 0 Å². The lowest BCUT2D eigenvalue weighted by molar-refractivity contribution is -0.892. The van der Waals surface area contributed by atoms with Crippen molar-refractivity contribution in [2.24, 2.45) is 23.2 Å². The van der Waals surface area contributed by atoms with Crippen molar-refractivity contribution in [2.45, 2.75) is 51.5 Å². The molecule has 1 aliphatic heterocycles. The van der Waals surface area contributed by atoms with Crippen molar-refractivity contribution in [2.75, 3.05) is 44.7 Å². The number of hydrogen-bond donors (Lipinski definition) is 2. The van der Waals surface area contributed by atoms with Crippen molar-refractivity contribution < 1.29 is 14.4 Å². The third kappa shape index (κ3) is 3.93. The van der Waals surface area contributed by atoms with E-state index in [1.54, 1.807) is 7.11 Å². The van der Waals surface area contributed by atoms with E-state index in [4.69, 9.17) is 4.74 Å². The molecule has 6 rings (SSSR count). The fraction of sp³-hybridized carbons (Fsp3) is 0.720. The molecular formula is C25H38N3O2+. The van der Waals surface area contributed by atoms with Gasteiger partial charge in [-0.1, -0.05) is 6.07 Å². The second kappa shape index (κ2) is 8.07. The van der Waals surface area contributed by atoms with Crippen molar-refractivity contribution >= 4 is 11.6 Å². The summed E-state index contributed by atoms with van der Waals surface area (Å²) in [7, 11) is 1.71. The summed E-state index contributed by atoms with van der Waals surface area (Å²) >= 11 is 0. The van der Waals surface area contributed by atoms with Gasteiger partial charge in [0, 0.05) is 17.8 Å². The number of methoxy groups -OCH3 is 1. The summed E-state index contributed by atoms with van der Waals surface area (Å²) < 4.78 is 5.36. The molecule has 5 nitrogen and oxygen atoms in total. The number of carbonyl (C=O) groups is 1. The number of hydrogen-bond acceptors (Lipinski definition) is 3. The molecule has 5 aliphatic rings. The monoisotopic (exact) mass is 412 g/mol. The molecule has 30 heavy (non-hydrogen) atoms. The maximum absolute atomic E-state index is 12.9. The summed E-state index contributed by atoms with van der Waals surface area (Å²) in [5.41, 5.74) is 1.61. The average molecular weight is 413 g/mol. The third-order valence-electron chi connectivity index (χ3n) is 8.68. The highest BCUT2D eigenvalue weighted by molar-refractivity contribution is 5.77. The maximum Gasteiger partial charge on any atom is 0.275 e. The quantitative estimate of drug-likeness (QED) is 0.752. The zero-order valence-corrected chi connectivity index (χ0v) is 18.7. The Morgan fingerprint density at radius 1 is 1.17 bits per heavy atom. The molecule has 164 valence electrons. The van der Waals surface area contributed by atoms with E-state index < -0.39 is 0 Å². The van der Waals surface area contributed by atoms with E-state index in [0.717, 1.165) is 49.7 Å². The predicted molar refractivity (Wildman–Crippen MR) is 119 cm³/mol. The highest BCUT2D eigenvalue weighted by Gasteiger charge is 2.53. The van der Waals surface area contributed by atoms with E-state index >= 15 is 0 Å². The minimum Gasteiger partial charge on any atom is -0.497 e. The van der Waals surface area contributed by atoms with E-state index in [9.17, 15) is 4.79 Å². The van der Waals surface area contributed by atoms with E-state index in [2.05, 4.69) is 29.3 Å². The van der Waals surface area contributed by atoms with Crippen molar-refractivity contribution in [3.63, 3.8) is 0 Å².